The van der Waals surface area contributed by atoms with E-state index in [-0.39, 0.29) is 0 Å². The van der Waals surface area contributed by atoms with Gasteiger partial charge in [0.1, 0.15) is 6.07 Å². The first-order valence-electron chi connectivity index (χ1n) is 16.3. The van der Waals surface area contributed by atoms with Gasteiger partial charge in [-0.15, -0.1) is 0 Å². The zero-order valence-electron chi connectivity index (χ0n) is 26.7. The minimum atomic E-state index is 0.528. The lowest BCUT2D eigenvalue weighted by molar-refractivity contribution is 1.18. The van der Waals surface area contributed by atoms with Gasteiger partial charge in [0.15, 0.2) is 0 Å². The summed E-state index contributed by atoms with van der Waals surface area (Å²) in [4.78, 5) is 0. The van der Waals surface area contributed by atoms with E-state index in [4.69, 9.17) is 0 Å². The van der Waals surface area contributed by atoms with E-state index >= 15 is 0 Å². The van der Waals surface area contributed by atoms with Gasteiger partial charge in [0, 0.05) is 43.9 Å². The van der Waals surface area contributed by atoms with Gasteiger partial charge in [0.2, 0.25) is 0 Å². The van der Waals surface area contributed by atoms with Crippen molar-refractivity contribution in [1.82, 2.24) is 9.13 Å². The highest BCUT2D eigenvalue weighted by atomic mass is 15.0. The van der Waals surface area contributed by atoms with Gasteiger partial charge in [-0.3, -0.25) is 0 Å². The Kier molecular flexibility index (Phi) is 6.56. The number of para-hydroxylation sites is 3. The molecule has 0 atom stereocenters. The van der Waals surface area contributed by atoms with Crippen molar-refractivity contribution in [2.24, 2.45) is 0 Å². The van der Waals surface area contributed by atoms with Crippen molar-refractivity contribution in [2.45, 2.75) is 0 Å². The molecular formula is C45H25N5. The first-order chi connectivity index (χ1) is 24.7. The van der Waals surface area contributed by atoms with Crippen LogP contribution in [-0.4, -0.2) is 9.13 Å². The lowest BCUT2D eigenvalue weighted by atomic mass is 9.91. The summed E-state index contributed by atoms with van der Waals surface area (Å²) in [6.45, 7) is 0. The number of benzene rings is 7. The van der Waals surface area contributed by atoms with Gasteiger partial charge >= 0.3 is 0 Å². The molecule has 0 N–H and O–H groups in total. The maximum Gasteiger partial charge on any atom is 0.100 e. The molecule has 0 radical (unpaired) electrons. The Morgan fingerprint density at radius 1 is 0.420 bits per heavy atom. The summed E-state index contributed by atoms with van der Waals surface area (Å²) in [7, 11) is 0. The second kappa shape index (κ2) is 11.4. The molecule has 0 aliphatic heterocycles. The second-order valence-electron chi connectivity index (χ2n) is 12.3. The van der Waals surface area contributed by atoms with E-state index in [1.54, 1.807) is 6.07 Å². The minimum Gasteiger partial charge on any atom is -0.309 e. The van der Waals surface area contributed by atoms with Crippen LogP contribution in [0.4, 0.5) is 0 Å². The number of hydrogen-bond donors (Lipinski definition) is 0. The molecule has 50 heavy (non-hydrogen) atoms. The fourth-order valence-corrected chi connectivity index (χ4v) is 7.54. The summed E-state index contributed by atoms with van der Waals surface area (Å²) >= 11 is 0. The van der Waals surface area contributed by atoms with Gasteiger partial charge in [0.25, 0.3) is 0 Å². The van der Waals surface area contributed by atoms with E-state index < -0.39 is 0 Å². The fraction of sp³-hybridized carbons (Fsp3) is 0. The highest BCUT2D eigenvalue weighted by Crippen LogP contribution is 2.41. The molecule has 0 fully saturated rings. The van der Waals surface area contributed by atoms with E-state index in [2.05, 4.69) is 100 Å². The van der Waals surface area contributed by atoms with Crippen LogP contribution in [0.1, 0.15) is 16.7 Å². The lowest BCUT2D eigenvalue weighted by Crippen LogP contribution is -1.99. The predicted octanol–water partition coefficient (Wildman–Crippen LogP) is 10.8. The van der Waals surface area contributed by atoms with Crippen molar-refractivity contribution in [3.63, 3.8) is 0 Å². The van der Waals surface area contributed by atoms with Crippen molar-refractivity contribution < 1.29 is 0 Å². The minimum absolute atomic E-state index is 0.528. The molecule has 0 saturated carbocycles. The van der Waals surface area contributed by atoms with Crippen molar-refractivity contribution in [1.29, 1.82) is 15.8 Å². The van der Waals surface area contributed by atoms with Gasteiger partial charge in [-0.2, -0.15) is 15.8 Å². The molecule has 2 aromatic heterocycles. The number of aromatic nitrogens is 2. The molecule has 0 unspecified atom stereocenters. The van der Waals surface area contributed by atoms with E-state index in [0.29, 0.717) is 16.7 Å². The quantitative estimate of drug-likeness (QED) is 0.193. The smallest absolute Gasteiger partial charge is 0.100 e. The third kappa shape index (κ3) is 4.24. The van der Waals surface area contributed by atoms with E-state index in [0.717, 1.165) is 66.5 Å². The molecule has 0 saturated heterocycles. The largest absolute Gasteiger partial charge is 0.309 e. The Morgan fingerprint density at radius 2 is 1.06 bits per heavy atom. The summed E-state index contributed by atoms with van der Waals surface area (Å²) in [5.41, 5.74) is 11.0. The third-order valence-electron chi connectivity index (χ3n) is 9.65. The standard InChI is InChI=1S/C45H25N5/c46-26-29-22-23-43-38(24-29)45-31(27-47)11-8-21-44(45)50(43)42-20-6-1-13-35(42)34-17-9-16-33(39(34)28-48)30-10-7-12-32(25-30)49-40-18-4-2-14-36(40)37-15-3-5-19-41(37)49/h1-25H. The number of nitriles is 3. The average Bonchev–Trinajstić information content (AvgIpc) is 3.70. The fourth-order valence-electron chi connectivity index (χ4n) is 7.54. The molecule has 9 rings (SSSR count). The normalized spacial score (nSPS) is 11.1. The van der Waals surface area contributed by atoms with Gasteiger partial charge in [0.05, 0.1) is 56.6 Å². The van der Waals surface area contributed by atoms with Crippen LogP contribution in [0.25, 0.3) is 77.2 Å². The SMILES string of the molecule is N#Cc1ccc2c(c1)c1c(C#N)cccc1n2-c1ccccc1-c1cccc(-c2cccc(-n3c4ccccc4c4ccccc43)c2)c1C#N. The maximum absolute atomic E-state index is 10.8. The Balaban J connectivity index is 1.26. The zero-order valence-corrected chi connectivity index (χ0v) is 26.7. The van der Waals surface area contributed by atoms with Crippen LogP contribution < -0.4 is 0 Å². The van der Waals surface area contributed by atoms with Gasteiger partial charge in [-0.05, 0) is 66.2 Å². The molecule has 7 aromatic carbocycles. The summed E-state index contributed by atoms with van der Waals surface area (Å²) in [6, 6.07) is 57.8. The monoisotopic (exact) mass is 635 g/mol. The van der Waals surface area contributed by atoms with Crippen LogP contribution in [-0.2, 0) is 0 Å². The number of rotatable bonds is 4. The molecule has 230 valence electrons. The van der Waals surface area contributed by atoms with Crippen molar-refractivity contribution >= 4 is 43.6 Å². The van der Waals surface area contributed by atoms with Crippen LogP contribution in [0.3, 0.4) is 0 Å². The Morgan fingerprint density at radius 3 is 1.82 bits per heavy atom. The topological polar surface area (TPSA) is 81.2 Å². The molecule has 0 bridgehead atoms. The molecule has 0 amide bonds. The zero-order chi connectivity index (χ0) is 33.8. The molecule has 5 heteroatoms. The molecule has 0 aliphatic carbocycles. The lowest BCUT2D eigenvalue weighted by Gasteiger charge is -2.17. The van der Waals surface area contributed by atoms with E-state index in [9.17, 15) is 15.8 Å². The highest BCUT2D eigenvalue weighted by Gasteiger charge is 2.21. The molecule has 9 aromatic rings. The molecule has 5 nitrogen and oxygen atoms in total. The Labute approximate surface area is 287 Å². The van der Waals surface area contributed by atoms with Crippen LogP contribution in [0, 0.1) is 34.0 Å². The highest BCUT2D eigenvalue weighted by molar-refractivity contribution is 6.13. The van der Waals surface area contributed by atoms with Crippen LogP contribution in [0.2, 0.25) is 0 Å². The Bertz CT molecular complexity index is 2920. The summed E-state index contributed by atoms with van der Waals surface area (Å²) in [5, 5.41) is 34.6. The van der Waals surface area contributed by atoms with Crippen molar-refractivity contribution in [3.8, 4) is 51.8 Å². The summed E-state index contributed by atoms with van der Waals surface area (Å²) in [6.07, 6.45) is 0. The van der Waals surface area contributed by atoms with Crippen molar-refractivity contribution in [3.05, 3.63) is 168 Å². The van der Waals surface area contributed by atoms with Crippen molar-refractivity contribution in [2.75, 3.05) is 0 Å². The number of fused-ring (bicyclic) bond motifs is 6. The molecule has 2 heterocycles. The molecule has 0 aliphatic rings. The first-order valence-corrected chi connectivity index (χ1v) is 16.3. The number of hydrogen-bond acceptors (Lipinski definition) is 3. The van der Waals surface area contributed by atoms with Gasteiger partial charge in [-0.1, -0.05) is 91.0 Å². The average molecular weight is 636 g/mol. The first kappa shape index (κ1) is 28.8. The van der Waals surface area contributed by atoms with Crippen LogP contribution in [0.5, 0.6) is 0 Å². The van der Waals surface area contributed by atoms with Gasteiger partial charge in [-0.25, -0.2) is 0 Å². The molecule has 0 spiro atoms. The van der Waals surface area contributed by atoms with Crippen LogP contribution in [0.15, 0.2) is 152 Å². The summed E-state index contributed by atoms with van der Waals surface area (Å²) in [5.74, 6) is 0. The van der Waals surface area contributed by atoms with E-state index in [1.807, 2.05) is 72.8 Å². The maximum atomic E-state index is 10.8. The Hall–Kier alpha value is -7.39. The third-order valence-corrected chi connectivity index (χ3v) is 9.65. The predicted molar refractivity (Wildman–Crippen MR) is 200 cm³/mol. The number of nitrogens with zero attached hydrogens (tertiary/aromatic N) is 5. The molecular weight excluding hydrogens is 611 g/mol. The summed E-state index contributed by atoms with van der Waals surface area (Å²) < 4.78 is 4.42. The van der Waals surface area contributed by atoms with Gasteiger partial charge < -0.3 is 9.13 Å². The van der Waals surface area contributed by atoms with E-state index in [1.165, 1.54) is 10.8 Å². The second-order valence-corrected chi connectivity index (χ2v) is 12.3. The van der Waals surface area contributed by atoms with Crippen LogP contribution >= 0.6 is 0 Å².